The second kappa shape index (κ2) is 7.70. The number of amides is 1. The number of benzene rings is 2. The number of carboxylic acid groups (broad SMARTS) is 1. The highest BCUT2D eigenvalue weighted by Crippen LogP contribution is 2.30. The van der Waals surface area contributed by atoms with Gasteiger partial charge < -0.3 is 10.0 Å². The molecule has 0 bridgehead atoms. The van der Waals surface area contributed by atoms with E-state index in [1.807, 2.05) is 54.6 Å². The van der Waals surface area contributed by atoms with E-state index in [1.165, 1.54) is 0 Å². The Morgan fingerprint density at radius 3 is 2.59 bits per heavy atom. The number of carbonyl (C=O) groups excluding carboxylic acids is 1. The number of para-hydroxylation sites is 3. The number of likely N-dealkylation sites (tertiary alicyclic amines) is 1. The number of aromatic nitrogens is 2. The predicted octanol–water partition coefficient (Wildman–Crippen LogP) is 3.67. The fourth-order valence-corrected chi connectivity index (χ4v) is 4.11. The number of rotatable bonds is 5. The molecule has 1 aromatic heterocycles. The van der Waals surface area contributed by atoms with Gasteiger partial charge in [-0.3, -0.25) is 14.2 Å². The Kier molecular flexibility index (Phi) is 5.09. The Hall–Kier alpha value is -3.15. The van der Waals surface area contributed by atoms with Crippen molar-refractivity contribution < 1.29 is 14.7 Å². The average molecular weight is 391 g/mol. The third-order valence-electron chi connectivity index (χ3n) is 5.77. The third kappa shape index (κ3) is 3.75. The SMILES string of the molecule is CC1(C(=O)O)CCCN(C(=O)CCc2nc3ccccc3n2-c2ccccc2)C1. The van der Waals surface area contributed by atoms with Crippen LogP contribution < -0.4 is 0 Å². The fourth-order valence-electron chi connectivity index (χ4n) is 4.11. The Labute approximate surface area is 169 Å². The molecular formula is C23H25N3O3. The van der Waals surface area contributed by atoms with E-state index in [0.29, 0.717) is 25.8 Å². The minimum Gasteiger partial charge on any atom is -0.481 e. The first-order chi connectivity index (χ1) is 14.0. The average Bonchev–Trinajstić information content (AvgIpc) is 3.11. The maximum Gasteiger partial charge on any atom is 0.311 e. The van der Waals surface area contributed by atoms with Crippen molar-refractivity contribution in [3.05, 3.63) is 60.4 Å². The van der Waals surface area contributed by atoms with Gasteiger partial charge in [-0.25, -0.2) is 4.98 Å². The van der Waals surface area contributed by atoms with Crippen LogP contribution in [0.25, 0.3) is 16.7 Å². The molecule has 150 valence electrons. The van der Waals surface area contributed by atoms with Gasteiger partial charge in [-0.05, 0) is 44.0 Å². The number of carbonyl (C=O) groups is 2. The zero-order chi connectivity index (χ0) is 20.4. The normalized spacial score (nSPS) is 19.4. The van der Waals surface area contributed by atoms with Crippen LogP contribution in [0.1, 0.15) is 32.0 Å². The van der Waals surface area contributed by atoms with Gasteiger partial charge in [0, 0.05) is 31.6 Å². The summed E-state index contributed by atoms with van der Waals surface area (Å²) in [5.41, 5.74) is 2.07. The second-order valence-electron chi connectivity index (χ2n) is 7.97. The summed E-state index contributed by atoms with van der Waals surface area (Å²) in [6.07, 6.45) is 2.14. The van der Waals surface area contributed by atoms with Crippen molar-refractivity contribution in [2.45, 2.75) is 32.6 Å². The zero-order valence-corrected chi connectivity index (χ0v) is 16.5. The predicted molar refractivity (Wildman–Crippen MR) is 111 cm³/mol. The van der Waals surface area contributed by atoms with Crippen LogP contribution in [-0.2, 0) is 16.0 Å². The summed E-state index contributed by atoms with van der Waals surface area (Å²) in [4.78, 5) is 30.9. The quantitative estimate of drug-likeness (QED) is 0.720. The number of imidazole rings is 1. The van der Waals surface area contributed by atoms with Gasteiger partial charge in [-0.1, -0.05) is 30.3 Å². The van der Waals surface area contributed by atoms with Crippen molar-refractivity contribution in [1.29, 1.82) is 0 Å². The standard InChI is InChI=1S/C23H25N3O3/c1-23(22(28)29)14-7-15-25(16-23)21(27)13-12-20-24-18-10-5-6-11-19(18)26(20)17-8-3-2-4-9-17/h2-6,8-11H,7,12-16H2,1H3,(H,28,29). The minimum atomic E-state index is -0.856. The van der Waals surface area contributed by atoms with Crippen LogP contribution in [0.3, 0.4) is 0 Å². The monoisotopic (exact) mass is 391 g/mol. The molecule has 1 unspecified atom stereocenters. The van der Waals surface area contributed by atoms with E-state index in [-0.39, 0.29) is 12.5 Å². The molecule has 1 atom stereocenters. The Balaban J connectivity index is 1.56. The first-order valence-electron chi connectivity index (χ1n) is 10.0. The lowest BCUT2D eigenvalue weighted by Gasteiger charge is -2.37. The topological polar surface area (TPSA) is 75.4 Å². The van der Waals surface area contributed by atoms with Crippen LogP contribution in [0, 0.1) is 5.41 Å². The number of aryl methyl sites for hydroxylation is 1. The number of hydrogen-bond donors (Lipinski definition) is 1. The minimum absolute atomic E-state index is 0.0103. The molecule has 1 fully saturated rings. The summed E-state index contributed by atoms with van der Waals surface area (Å²) < 4.78 is 2.10. The molecule has 1 aliphatic rings. The van der Waals surface area contributed by atoms with E-state index in [9.17, 15) is 14.7 Å². The molecule has 1 saturated heterocycles. The smallest absolute Gasteiger partial charge is 0.311 e. The van der Waals surface area contributed by atoms with E-state index in [4.69, 9.17) is 4.98 Å². The summed E-state index contributed by atoms with van der Waals surface area (Å²) >= 11 is 0. The molecule has 2 heterocycles. The van der Waals surface area contributed by atoms with E-state index in [1.54, 1.807) is 11.8 Å². The maximum atomic E-state index is 12.8. The van der Waals surface area contributed by atoms with Crippen LogP contribution in [0.5, 0.6) is 0 Å². The number of fused-ring (bicyclic) bond motifs is 1. The highest BCUT2D eigenvalue weighted by molar-refractivity contribution is 5.81. The fraction of sp³-hybridized carbons (Fsp3) is 0.348. The van der Waals surface area contributed by atoms with Gasteiger partial charge in [0.15, 0.2) is 0 Å². The van der Waals surface area contributed by atoms with E-state index in [0.717, 1.165) is 29.0 Å². The molecule has 6 nitrogen and oxygen atoms in total. The molecule has 4 rings (SSSR count). The summed E-state index contributed by atoms with van der Waals surface area (Å²) in [5, 5.41) is 9.50. The molecule has 0 spiro atoms. The molecule has 0 aliphatic carbocycles. The molecule has 3 aromatic rings. The molecule has 2 aromatic carbocycles. The van der Waals surface area contributed by atoms with Gasteiger partial charge in [-0.15, -0.1) is 0 Å². The number of aliphatic carboxylic acids is 1. The Morgan fingerprint density at radius 2 is 1.83 bits per heavy atom. The molecule has 1 N–H and O–H groups in total. The summed E-state index contributed by atoms with van der Waals surface area (Å²) in [6, 6.07) is 18.0. The third-order valence-corrected chi connectivity index (χ3v) is 5.77. The first-order valence-corrected chi connectivity index (χ1v) is 10.0. The van der Waals surface area contributed by atoms with Crippen molar-refractivity contribution in [3.63, 3.8) is 0 Å². The molecule has 1 amide bonds. The number of piperidine rings is 1. The molecule has 1 aliphatic heterocycles. The lowest BCUT2D eigenvalue weighted by molar-refractivity contribution is -0.153. The summed E-state index contributed by atoms with van der Waals surface area (Å²) in [6.45, 7) is 2.62. The molecule has 0 saturated carbocycles. The van der Waals surface area contributed by atoms with Crippen molar-refractivity contribution in [2.24, 2.45) is 5.41 Å². The van der Waals surface area contributed by atoms with Crippen LogP contribution in [0.15, 0.2) is 54.6 Å². The number of hydrogen-bond acceptors (Lipinski definition) is 3. The zero-order valence-electron chi connectivity index (χ0n) is 16.5. The largest absolute Gasteiger partial charge is 0.481 e. The first kappa shape index (κ1) is 19.2. The van der Waals surface area contributed by atoms with Crippen LogP contribution >= 0.6 is 0 Å². The summed E-state index contributed by atoms with van der Waals surface area (Å²) in [7, 11) is 0. The lowest BCUT2D eigenvalue weighted by Crippen LogP contribution is -2.48. The Bertz CT molecular complexity index is 1040. The van der Waals surface area contributed by atoms with Crippen molar-refractivity contribution in [1.82, 2.24) is 14.5 Å². The number of carboxylic acids is 1. The highest BCUT2D eigenvalue weighted by atomic mass is 16.4. The van der Waals surface area contributed by atoms with Crippen LogP contribution in [-0.4, -0.2) is 44.5 Å². The van der Waals surface area contributed by atoms with Crippen molar-refractivity contribution in [2.75, 3.05) is 13.1 Å². The molecule has 0 radical (unpaired) electrons. The van der Waals surface area contributed by atoms with Gasteiger partial charge >= 0.3 is 5.97 Å². The Morgan fingerprint density at radius 1 is 1.10 bits per heavy atom. The summed E-state index contributed by atoms with van der Waals surface area (Å²) in [5.74, 6) is -0.00605. The van der Waals surface area contributed by atoms with Crippen LogP contribution in [0.2, 0.25) is 0 Å². The van der Waals surface area contributed by atoms with Gasteiger partial charge in [0.1, 0.15) is 5.82 Å². The van der Waals surface area contributed by atoms with Crippen molar-refractivity contribution in [3.8, 4) is 5.69 Å². The highest BCUT2D eigenvalue weighted by Gasteiger charge is 2.39. The molecule has 29 heavy (non-hydrogen) atoms. The maximum absolute atomic E-state index is 12.8. The van der Waals surface area contributed by atoms with Gasteiger partial charge in [0.2, 0.25) is 5.91 Å². The number of nitrogens with zero attached hydrogens (tertiary/aromatic N) is 3. The van der Waals surface area contributed by atoms with E-state index < -0.39 is 11.4 Å². The van der Waals surface area contributed by atoms with E-state index >= 15 is 0 Å². The van der Waals surface area contributed by atoms with Gasteiger partial charge in [-0.2, -0.15) is 0 Å². The molecular weight excluding hydrogens is 366 g/mol. The van der Waals surface area contributed by atoms with Gasteiger partial charge in [0.25, 0.3) is 0 Å². The molecule has 6 heteroatoms. The van der Waals surface area contributed by atoms with Gasteiger partial charge in [0.05, 0.1) is 16.4 Å². The van der Waals surface area contributed by atoms with Crippen LogP contribution in [0.4, 0.5) is 0 Å². The second-order valence-corrected chi connectivity index (χ2v) is 7.97. The van der Waals surface area contributed by atoms with Crippen molar-refractivity contribution >= 4 is 22.9 Å². The lowest BCUT2D eigenvalue weighted by atomic mass is 9.82. The van der Waals surface area contributed by atoms with E-state index in [2.05, 4.69) is 4.57 Å².